The van der Waals surface area contributed by atoms with Crippen molar-refractivity contribution in [2.45, 2.75) is 31.8 Å². The first kappa shape index (κ1) is 17.1. The molecule has 2 rings (SSSR count). The first-order chi connectivity index (χ1) is 10.1. The highest BCUT2D eigenvalue weighted by Crippen LogP contribution is 2.34. The van der Waals surface area contributed by atoms with Crippen LogP contribution in [0.15, 0.2) is 12.1 Å². The van der Waals surface area contributed by atoms with E-state index in [2.05, 4.69) is 21.2 Å². The van der Waals surface area contributed by atoms with Crippen molar-refractivity contribution in [1.29, 1.82) is 0 Å². The monoisotopic (exact) mass is 430 g/mol. The van der Waals surface area contributed by atoms with E-state index in [0.29, 0.717) is 12.5 Å². The molecule has 0 amide bonds. The molecule has 0 N–H and O–H groups in total. The number of methoxy groups -OCH3 is 1. The highest BCUT2D eigenvalue weighted by Gasteiger charge is 2.25. The molecule has 7 heteroatoms. The zero-order valence-corrected chi connectivity index (χ0v) is 14.6. The lowest BCUT2D eigenvalue weighted by Crippen LogP contribution is -2.27. The van der Waals surface area contributed by atoms with Crippen LogP contribution in [0, 0.1) is 17.6 Å². The quantitative estimate of drug-likeness (QED) is 0.473. The van der Waals surface area contributed by atoms with Crippen molar-refractivity contribution in [3.05, 3.63) is 23.8 Å². The van der Waals surface area contributed by atoms with Crippen molar-refractivity contribution >= 4 is 30.4 Å². The predicted molar refractivity (Wildman–Crippen MR) is 86.8 cm³/mol. The van der Waals surface area contributed by atoms with Crippen molar-refractivity contribution in [1.82, 2.24) is 0 Å². The van der Waals surface area contributed by atoms with Crippen LogP contribution < -0.4 is 9.47 Å². The normalized spacial score (nSPS) is 22.1. The Kier molecular flexibility index (Phi) is 6.81. The smallest absolute Gasteiger partial charge is 0.164 e. The van der Waals surface area contributed by atoms with Crippen molar-refractivity contribution < 1.29 is 22.4 Å². The van der Waals surface area contributed by atoms with E-state index in [1.807, 2.05) is 0 Å². The Bertz CT molecular complexity index is 476. The summed E-state index contributed by atoms with van der Waals surface area (Å²) in [7, 11) is 2.74. The molecule has 1 aliphatic carbocycles. The van der Waals surface area contributed by atoms with E-state index >= 15 is 0 Å². The van der Waals surface area contributed by atoms with Gasteiger partial charge in [-0.15, -0.1) is 0 Å². The molecule has 0 aromatic heterocycles. The third-order valence-electron chi connectivity index (χ3n) is 3.58. The van der Waals surface area contributed by atoms with Crippen LogP contribution in [0.4, 0.5) is 8.78 Å². The summed E-state index contributed by atoms with van der Waals surface area (Å²) in [5.41, 5.74) is 0. The molecule has 1 aliphatic rings. The van der Waals surface area contributed by atoms with Crippen molar-refractivity contribution in [2.24, 2.45) is 5.92 Å². The van der Waals surface area contributed by atoms with E-state index in [9.17, 15) is 8.78 Å². The molecule has 118 valence electrons. The maximum Gasteiger partial charge on any atom is 0.164 e. The number of hydrogen-bond acceptors (Lipinski definition) is 4. The zero-order valence-electron chi connectivity index (χ0n) is 11.6. The molecule has 1 fully saturated rings. The van der Waals surface area contributed by atoms with Gasteiger partial charge in [-0.1, -0.05) is 0 Å². The van der Waals surface area contributed by atoms with Crippen molar-refractivity contribution in [2.75, 3.05) is 13.7 Å². The van der Waals surface area contributed by atoms with E-state index in [1.54, 1.807) is 0 Å². The Labute approximate surface area is 139 Å². The van der Waals surface area contributed by atoms with Gasteiger partial charge in [-0.3, -0.25) is 0 Å². The molecule has 0 heterocycles. The van der Waals surface area contributed by atoms with Crippen LogP contribution in [0.25, 0.3) is 0 Å². The Balaban J connectivity index is 2.02. The first-order valence-electron chi connectivity index (χ1n) is 6.74. The summed E-state index contributed by atoms with van der Waals surface area (Å²) in [6.07, 6.45) is 3.86. The number of benzene rings is 1. The molecule has 3 nitrogen and oxygen atoms in total. The minimum atomic E-state index is -0.937. The molecule has 0 unspecified atom stereocenters. The minimum absolute atomic E-state index is 0.0228. The highest BCUT2D eigenvalue weighted by molar-refractivity contribution is 14.2. The fourth-order valence-electron chi connectivity index (χ4n) is 2.56. The summed E-state index contributed by atoms with van der Waals surface area (Å²) in [5, 5.41) is 0. The summed E-state index contributed by atoms with van der Waals surface area (Å²) in [6.45, 7) is 0.683. The Morgan fingerprint density at radius 2 is 1.95 bits per heavy atom. The van der Waals surface area contributed by atoms with E-state index < -0.39 is 11.6 Å². The number of halogens is 3. The van der Waals surface area contributed by atoms with Gasteiger partial charge in [0.05, 0.1) is 29.0 Å². The van der Waals surface area contributed by atoms with Crippen LogP contribution in [0.1, 0.15) is 25.7 Å². The topological polar surface area (TPSA) is 27.7 Å². The van der Waals surface area contributed by atoms with Gasteiger partial charge in [0, 0.05) is 33.3 Å². The third-order valence-corrected chi connectivity index (χ3v) is 4.57. The zero-order chi connectivity index (χ0) is 15.2. The second kappa shape index (κ2) is 8.38. The maximum atomic E-state index is 13.4. The third kappa shape index (κ3) is 4.85. The lowest BCUT2D eigenvalue weighted by Gasteiger charge is -2.29. The van der Waals surface area contributed by atoms with Gasteiger partial charge in [-0.2, -0.15) is 0 Å². The van der Waals surface area contributed by atoms with E-state index in [1.165, 1.54) is 16.3 Å². The van der Waals surface area contributed by atoms with Gasteiger partial charge >= 0.3 is 0 Å². The van der Waals surface area contributed by atoms with Crippen LogP contribution in [-0.4, -0.2) is 19.8 Å². The fourth-order valence-corrected chi connectivity index (χ4v) is 3.25. The van der Waals surface area contributed by atoms with E-state index in [-0.39, 0.29) is 17.6 Å². The molecule has 1 aromatic rings. The molecule has 0 saturated heterocycles. The van der Waals surface area contributed by atoms with Gasteiger partial charge in [0.1, 0.15) is 0 Å². The Morgan fingerprint density at radius 1 is 1.24 bits per heavy atom. The summed E-state index contributed by atoms with van der Waals surface area (Å²) in [5.74, 6) is -0.959. The number of hydrogen-bond donors (Lipinski definition) is 0. The molecular weight excluding hydrogens is 413 g/mol. The summed E-state index contributed by atoms with van der Waals surface area (Å²) in [6, 6.07) is 2.07. The average molecular weight is 430 g/mol. The predicted octanol–water partition coefficient (Wildman–Crippen LogP) is 4.93. The van der Waals surface area contributed by atoms with E-state index in [4.69, 9.17) is 13.7 Å². The van der Waals surface area contributed by atoms with Gasteiger partial charge in [0.25, 0.3) is 0 Å². The lowest BCUT2D eigenvalue weighted by molar-refractivity contribution is 0.101. The van der Waals surface area contributed by atoms with Crippen LogP contribution in [0.2, 0.25) is 0 Å². The molecular formula is C14H17F2IO3S. The van der Waals surface area contributed by atoms with Gasteiger partial charge in [0.15, 0.2) is 23.1 Å². The molecule has 0 aliphatic heterocycles. The van der Waals surface area contributed by atoms with Crippen molar-refractivity contribution in [3.8, 4) is 11.5 Å². The van der Waals surface area contributed by atoms with Crippen LogP contribution >= 0.6 is 30.4 Å². The molecule has 1 saturated carbocycles. The van der Waals surface area contributed by atoms with Crippen molar-refractivity contribution in [3.63, 3.8) is 0 Å². The van der Waals surface area contributed by atoms with Gasteiger partial charge in [-0.05, 0) is 31.6 Å². The van der Waals surface area contributed by atoms with Crippen LogP contribution in [0.5, 0.6) is 11.5 Å². The SMILES string of the molecule is COc1cc(F)c(F)cc1O[C@@H]1CCC[C@H](COSI)C1. The fraction of sp³-hybridized carbons (Fsp3) is 0.571. The van der Waals surface area contributed by atoms with Gasteiger partial charge < -0.3 is 13.7 Å². The first-order valence-corrected chi connectivity index (χ1v) is 10.0. The number of ether oxygens (including phenoxy) is 2. The average Bonchev–Trinajstić information content (AvgIpc) is 2.49. The van der Waals surface area contributed by atoms with Gasteiger partial charge in [-0.25, -0.2) is 8.78 Å². The molecule has 21 heavy (non-hydrogen) atoms. The molecule has 0 bridgehead atoms. The lowest BCUT2D eigenvalue weighted by atomic mass is 9.88. The largest absolute Gasteiger partial charge is 0.493 e. The Hall–Kier alpha value is -0.280. The van der Waals surface area contributed by atoms with Crippen LogP contribution in [0.3, 0.4) is 0 Å². The molecule has 1 aromatic carbocycles. The van der Waals surface area contributed by atoms with Gasteiger partial charge in [0.2, 0.25) is 0 Å². The number of rotatable bonds is 6. The molecule has 0 radical (unpaired) electrons. The highest BCUT2D eigenvalue weighted by atomic mass is 127. The maximum absolute atomic E-state index is 13.4. The standard InChI is InChI=1S/C14H17F2IO3S/c1-18-13-6-11(15)12(16)7-14(13)20-10-4-2-3-9(5-10)8-19-21-17/h6-7,9-10H,2-5,8H2,1H3/t9-,10+/m0/s1. The second-order valence-corrected chi connectivity index (χ2v) is 6.48. The minimum Gasteiger partial charge on any atom is -0.493 e. The summed E-state index contributed by atoms with van der Waals surface area (Å²) in [4.78, 5) is 0. The summed E-state index contributed by atoms with van der Waals surface area (Å²) >= 11 is 2.09. The summed E-state index contributed by atoms with van der Waals surface area (Å²) < 4.78 is 42.8. The molecule has 0 spiro atoms. The Morgan fingerprint density at radius 3 is 2.62 bits per heavy atom. The molecule has 2 atom stereocenters. The van der Waals surface area contributed by atoms with E-state index in [0.717, 1.165) is 37.8 Å². The van der Waals surface area contributed by atoms with Crippen LogP contribution in [-0.2, 0) is 4.18 Å². The second-order valence-electron chi connectivity index (χ2n) is 5.04.